The van der Waals surface area contributed by atoms with Crippen LogP contribution in [-0.4, -0.2) is 29.6 Å². The van der Waals surface area contributed by atoms with Gasteiger partial charge in [-0.05, 0) is 43.4 Å². The highest BCUT2D eigenvalue weighted by molar-refractivity contribution is 5.06. The Balaban J connectivity index is 2.14. The Kier molecular flexibility index (Phi) is 3.57. The van der Waals surface area contributed by atoms with E-state index < -0.39 is 0 Å². The van der Waals surface area contributed by atoms with Crippen LogP contribution in [0.5, 0.6) is 0 Å². The molecule has 0 aliphatic heterocycles. The van der Waals surface area contributed by atoms with Gasteiger partial charge in [0.15, 0.2) is 0 Å². The Bertz CT molecular complexity index is 268. The molecule has 2 N–H and O–H groups in total. The molecule has 2 aliphatic rings. The highest BCUT2D eigenvalue weighted by atomic mass is 15.3. The Morgan fingerprint density at radius 1 is 1.24 bits per heavy atom. The average molecular weight is 238 g/mol. The molecular weight excluding hydrogens is 208 g/mol. The number of hydrogen-bond donors (Lipinski definition) is 1. The van der Waals surface area contributed by atoms with Gasteiger partial charge in [0.25, 0.3) is 0 Å². The highest BCUT2D eigenvalue weighted by Crippen LogP contribution is 2.49. The van der Waals surface area contributed by atoms with Gasteiger partial charge in [0.1, 0.15) is 0 Å². The van der Waals surface area contributed by atoms with E-state index in [1.54, 1.807) is 0 Å². The summed E-state index contributed by atoms with van der Waals surface area (Å²) in [6.07, 6.45) is 6.73. The molecule has 17 heavy (non-hydrogen) atoms. The fraction of sp³-hybridized carbons (Fsp3) is 1.00. The molecule has 2 rings (SSSR count). The lowest BCUT2D eigenvalue weighted by atomic mass is 9.86. The summed E-state index contributed by atoms with van der Waals surface area (Å²) in [5.74, 6) is 0.753. The van der Waals surface area contributed by atoms with Gasteiger partial charge in [0.05, 0.1) is 0 Å². The first-order valence-electron chi connectivity index (χ1n) is 7.35. The Morgan fingerprint density at radius 2 is 1.88 bits per heavy atom. The number of rotatable bonds is 5. The van der Waals surface area contributed by atoms with Crippen LogP contribution in [0.4, 0.5) is 0 Å². The fourth-order valence-corrected chi connectivity index (χ4v) is 3.68. The summed E-state index contributed by atoms with van der Waals surface area (Å²) in [5.41, 5.74) is 6.99. The van der Waals surface area contributed by atoms with Gasteiger partial charge in [-0.1, -0.05) is 27.7 Å². The second-order valence-electron chi connectivity index (χ2n) is 7.55. The molecule has 2 nitrogen and oxygen atoms in total. The molecule has 0 amide bonds. The van der Waals surface area contributed by atoms with Crippen LogP contribution in [0.15, 0.2) is 0 Å². The minimum atomic E-state index is 0.314. The molecule has 0 bridgehead atoms. The van der Waals surface area contributed by atoms with Crippen molar-refractivity contribution in [1.29, 1.82) is 0 Å². The molecule has 0 spiro atoms. The van der Waals surface area contributed by atoms with E-state index in [9.17, 15) is 0 Å². The van der Waals surface area contributed by atoms with Crippen LogP contribution in [0.25, 0.3) is 0 Å². The van der Waals surface area contributed by atoms with Crippen molar-refractivity contribution in [2.24, 2.45) is 17.1 Å². The van der Waals surface area contributed by atoms with Gasteiger partial charge in [-0.2, -0.15) is 0 Å². The van der Waals surface area contributed by atoms with Crippen molar-refractivity contribution in [3.05, 3.63) is 0 Å². The van der Waals surface area contributed by atoms with Crippen molar-refractivity contribution in [2.75, 3.05) is 13.1 Å². The van der Waals surface area contributed by atoms with Gasteiger partial charge in [0.2, 0.25) is 0 Å². The zero-order valence-electron chi connectivity index (χ0n) is 12.1. The van der Waals surface area contributed by atoms with E-state index in [0.717, 1.165) is 18.5 Å². The third-order valence-corrected chi connectivity index (χ3v) is 4.61. The number of hydrogen-bond acceptors (Lipinski definition) is 2. The summed E-state index contributed by atoms with van der Waals surface area (Å²) in [5, 5.41) is 0. The largest absolute Gasteiger partial charge is 0.329 e. The van der Waals surface area contributed by atoms with Gasteiger partial charge in [-0.25, -0.2) is 0 Å². The SMILES string of the molecule is CC(C)CN(C1CC1)C1(CN)CCC(C)(C)C1. The number of nitrogens with zero attached hydrogens (tertiary/aromatic N) is 1. The second-order valence-corrected chi connectivity index (χ2v) is 7.55. The first-order chi connectivity index (χ1) is 7.88. The second kappa shape index (κ2) is 4.55. The molecule has 1 atom stereocenters. The van der Waals surface area contributed by atoms with Crippen molar-refractivity contribution in [3.63, 3.8) is 0 Å². The third kappa shape index (κ3) is 2.85. The molecule has 0 heterocycles. The van der Waals surface area contributed by atoms with Gasteiger partial charge >= 0.3 is 0 Å². The molecule has 0 saturated heterocycles. The molecule has 0 aromatic carbocycles. The van der Waals surface area contributed by atoms with Crippen LogP contribution in [0.3, 0.4) is 0 Å². The Hall–Kier alpha value is -0.0800. The van der Waals surface area contributed by atoms with Gasteiger partial charge in [-0.15, -0.1) is 0 Å². The lowest BCUT2D eigenvalue weighted by Crippen LogP contribution is -2.54. The first kappa shape index (κ1) is 13.4. The van der Waals surface area contributed by atoms with Gasteiger partial charge in [-0.3, -0.25) is 4.90 Å². The molecular formula is C15H30N2. The minimum absolute atomic E-state index is 0.314. The van der Waals surface area contributed by atoms with Crippen LogP contribution < -0.4 is 5.73 Å². The van der Waals surface area contributed by atoms with E-state index >= 15 is 0 Å². The summed E-state index contributed by atoms with van der Waals surface area (Å²) in [6, 6.07) is 0.842. The highest BCUT2D eigenvalue weighted by Gasteiger charge is 2.50. The molecule has 100 valence electrons. The maximum absolute atomic E-state index is 6.19. The number of nitrogens with two attached hydrogens (primary N) is 1. The average Bonchev–Trinajstić information content (AvgIpc) is 3.00. The van der Waals surface area contributed by atoms with E-state index in [1.165, 1.54) is 38.6 Å². The van der Waals surface area contributed by atoms with E-state index in [0.29, 0.717) is 11.0 Å². The van der Waals surface area contributed by atoms with Crippen molar-refractivity contribution >= 4 is 0 Å². The predicted octanol–water partition coefficient (Wildman–Crippen LogP) is 3.01. The maximum atomic E-state index is 6.19. The van der Waals surface area contributed by atoms with E-state index in [4.69, 9.17) is 5.73 Å². The molecule has 1 unspecified atom stereocenters. The Labute approximate surface area is 107 Å². The molecule has 0 aromatic rings. The zero-order chi connectivity index (χ0) is 12.7. The summed E-state index contributed by atoms with van der Waals surface area (Å²) >= 11 is 0. The van der Waals surface area contributed by atoms with Crippen LogP contribution >= 0.6 is 0 Å². The third-order valence-electron chi connectivity index (χ3n) is 4.61. The standard InChI is InChI=1S/C15H30N2/c1-12(2)9-17(13-5-6-13)15(11-16)8-7-14(3,4)10-15/h12-13H,5-11,16H2,1-4H3. The predicted molar refractivity (Wildman–Crippen MR) is 74.0 cm³/mol. The smallest absolute Gasteiger partial charge is 0.0340 e. The molecule has 2 saturated carbocycles. The molecule has 2 heteroatoms. The van der Waals surface area contributed by atoms with E-state index in [1.807, 2.05) is 0 Å². The van der Waals surface area contributed by atoms with Crippen molar-refractivity contribution in [2.45, 2.75) is 71.4 Å². The monoisotopic (exact) mass is 238 g/mol. The normalized spacial score (nSPS) is 32.6. The summed E-state index contributed by atoms with van der Waals surface area (Å²) in [6.45, 7) is 11.6. The zero-order valence-corrected chi connectivity index (χ0v) is 12.1. The van der Waals surface area contributed by atoms with Crippen molar-refractivity contribution in [3.8, 4) is 0 Å². The molecule has 2 fully saturated rings. The molecule has 0 aromatic heterocycles. The fourth-order valence-electron chi connectivity index (χ4n) is 3.68. The van der Waals surface area contributed by atoms with Crippen LogP contribution in [0.2, 0.25) is 0 Å². The van der Waals surface area contributed by atoms with Crippen LogP contribution in [0, 0.1) is 11.3 Å². The van der Waals surface area contributed by atoms with Crippen LogP contribution in [-0.2, 0) is 0 Å². The quantitative estimate of drug-likeness (QED) is 0.798. The lowest BCUT2D eigenvalue weighted by Gasteiger charge is -2.43. The summed E-state index contributed by atoms with van der Waals surface area (Å²) in [4.78, 5) is 2.78. The lowest BCUT2D eigenvalue weighted by molar-refractivity contribution is 0.0674. The van der Waals surface area contributed by atoms with E-state index in [2.05, 4.69) is 32.6 Å². The minimum Gasteiger partial charge on any atom is -0.329 e. The van der Waals surface area contributed by atoms with E-state index in [-0.39, 0.29) is 0 Å². The van der Waals surface area contributed by atoms with Crippen molar-refractivity contribution in [1.82, 2.24) is 4.90 Å². The van der Waals surface area contributed by atoms with Gasteiger partial charge < -0.3 is 5.73 Å². The first-order valence-corrected chi connectivity index (χ1v) is 7.35. The summed E-state index contributed by atoms with van der Waals surface area (Å²) in [7, 11) is 0. The van der Waals surface area contributed by atoms with Gasteiger partial charge in [0, 0.05) is 24.7 Å². The maximum Gasteiger partial charge on any atom is 0.0340 e. The Morgan fingerprint density at radius 3 is 2.24 bits per heavy atom. The topological polar surface area (TPSA) is 29.3 Å². The summed E-state index contributed by atoms with van der Waals surface area (Å²) < 4.78 is 0. The molecule has 0 radical (unpaired) electrons. The van der Waals surface area contributed by atoms with Crippen molar-refractivity contribution < 1.29 is 0 Å². The molecule has 2 aliphatic carbocycles. The van der Waals surface area contributed by atoms with Crippen LogP contribution in [0.1, 0.15) is 59.8 Å².